The van der Waals surface area contributed by atoms with Crippen LogP contribution in [0.25, 0.3) is 0 Å². The summed E-state index contributed by atoms with van der Waals surface area (Å²) in [5.41, 5.74) is 0.776. The molecule has 3 nitrogen and oxygen atoms in total. The zero-order valence-corrected chi connectivity index (χ0v) is 7.81. The first-order valence-corrected chi connectivity index (χ1v) is 4.87. The molecule has 12 heavy (non-hydrogen) atoms. The largest absolute Gasteiger partial charge is 0.216 e. The van der Waals surface area contributed by atoms with Gasteiger partial charge in [0.05, 0.1) is 0 Å². The summed E-state index contributed by atoms with van der Waals surface area (Å²) < 4.78 is 22.6. The van der Waals surface area contributed by atoms with Crippen LogP contribution >= 0.6 is 11.6 Å². The number of nitrogens with one attached hydrogen (secondary N) is 1. The molecule has 0 spiro atoms. The Hall–Kier alpha value is -0.580. The lowest BCUT2D eigenvalue weighted by molar-refractivity contribution is 0.601. The maximum absolute atomic E-state index is 10.2. The van der Waals surface area contributed by atoms with Gasteiger partial charge in [0.15, 0.2) is 0 Å². The van der Waals surface area contributed by atoms with Gasteiger partial charge in [0, 0.05) is 11.6 Å². The van der Waals surface area contributed by atoms with Crippen LogP contribution in [0.5, 0.6) is 0 Å². The maximum Gasteiger partial charge on any atom is 0.201 e. The number of halogens is 1. The van der Waals surface area contributed by atoms with Crippen LogP contribution in [-0.4, -0.2) is 8.42 Å². The van der Waals surface area contributed by atoms with E-state index < -0.39 is 10.9 Å². The molecule has 0 aliphatic heterocycles. The summed E-state index contributed by atoms with van der Waals surface area (Å²) in [6.07, 6.45) is 0. The zero-order valence-electron chi connectivity index (χ0n) is 6.16. The molecule has 0 saturated carbocycles. The molecule has 0 fully saturated rings. The van der Waals surface area contributed by atoms with E-state index in [-0.39, 0.29) is 6.54 Å². The molecule has 0 radical (unpaired) electrons. The van der Waals surface area contributed by atoms with Crippen LogP contribution in [0.2, 0.25) is 5.02 Å². The van der Waals surface area contributed by atoms with Crippen molar-refractivity contribution in [3.63, 3.8) is 0 Å². The smallest absolute Gasteiger partial charge is 0.201 e. The zero-order chi connectivity index (χ0) is 8.97. The molecular weight excluding hydrogens is 198 g/mol. The number of benzene rings is 1. The van der Waals surface area contributed by atoms with Crippen molar-refractivity contribution in [2.75, 3.05) is 0 Å². The third-order valence-corrected chi connectivity index (χ3v) is 2.14. The Morgan fingerprint density at radius 3 is 2.58 bits per heavy atom. The Labute approximate surface area is 77.4 Å². The van der Waals surface area contributed by atoms with E-state index in [1.807, 2.05) is 0 Å². The lowest BCUT2D eigenvalue weighted by Gasteiger charge is -2.00. The quantitative estimate of drug-likeness (QED) is 0.722. The first kappa shape index (κ1) is 9.51. The van der Waals surface area contributed by atoms with Crippen molar-refractivity contribution < 1.29 is 8.42 Å². The highest BCUT2D eigenvalue weighted by Crippen LogP contribution is 2.13. The van der Waals surface area contributed by atoms with Crippen molar-refractivity contribution >= 4 is 22.5 Å². The molecule has 0 bridgehead atoms. The van der Waals surface area contributed by atoms with E-state index >= 15 is 0 Å². The van der Waals surface area contributed by atoms with Gasteiger partial charge in [-0.15, -0.1) is 0 Å². The summed E-state index contributed by atoms with van der Waals surface area (Å²) in [4.78, 5) is 0. The van der Waals surface area contributed by atoms with Crippen molar-refractivity contribution in [3.05, 3.63) is 34.9 Å². The fourth-order valence-corrected chi connectivity index (χ4v) is 1.29. The van der Waals surface area contributed by atoms with Crippen LogP contribution in [0.1, 0.15) is 5.56 Å². The monoisotopic (exact) mass is 205 g/mol. The van der Waals surface area contributed by atoms with Gasteiger partial charge in [0.25, 0.3) is 0 Å². The van der Waals surface area contributed by atoms with E-state index in [4.69, 9.17) is 11.6 Å². The second-order valence-electron chi connectivity index (χ2n) is 2.18. The average Bonchev–Trinajstić information content (AvgIpc) is 2.03. The summed E-state index contributed by atoms with van der Waals surface area (Å²) in [5.74, 6) is 0. The third-order valence-electron chi connectivity index (χ3n) is 1.36. The molecule has 0 aliphatic rings. The van der Waals surface area contributed by atoms with Gasteiger partial charge in [-0.2, -0.15) is 0 Å². The Balaban J connectivity index is 2.69. The topological polar surface area (TPSA) is 46.2 Å². The molecule has 5 heteroatoms. The van der Waals surface area contributed by atoms with E-state index in [1.165, 1.54) is 0 Å². The van der Waals surface area contributed by atoms with Gasteiger partial charge >= 0.3 is 0 Å². The van der Waals surface area contributed by atoms with E-state index in [0.717, 1.165) is 5.56 Å². The highest BCUT2D eigenvalue weighted by molar-refractivity contribution is 7.70. The van der Waals surface area contributed by atoms with E-state index in [2.05, 4.69) is 4.72 Å². The average molecular weight is 206 g/mol. The first-order valence-electron chi connectivity index (χ1n) is 3.31. The van der Waals surface area contributed by atoms with Gasteiger partial charge in [-0.3, -0.25) is 0 Å². The molecule has 0 amide bonds. The van der Waals surface area contributed by atoms with Gasteiger partial charge in [0.1, 0.15) is 0 Å². The lowest BCUT2D eigenvalue weighted by Crippen LogP contribution is -2.10. The molecule has 0 heterocycles. The molecule has 1 aromatic rings. The minimum Gasteiger partial charge on any atom is -0.216 e. The molecule has 1 N–H and O–H groups in total. The molecule has 1 rings (SSSR count). The summed E-state index contributed by atoms with van der Waals surface area (Å²) in [5, 5.41) is 0.571. The standard InChI is InChI=1S/C7H8ClNO2S/c8-7-4-2-1-3-6(7)5-9-12(10)11/h1-4,12H,5H2,(H,9,10,11). The van der Waals surface area contributed by atoms with Crippen LogP contribution in [0.15, 0.2) is 24.3 Å². The predicted molar refractivity (Wildman–Crippen MR) is 48.6 cm³/mol. The lowest BCUT2D eigenvalue weighted by atomic mass is 10.2. The van der Waals surface area contributed by atoms with E-state index in [0.29, 0.717) is 5.02 Å². The van der Waals surface area contributed by atoms with Gasteiger partial charge in [-0.05, 0) is 11.6 Å². The van der Waals surface area contributed by atoms with Gasteiger partial charge in [-0.1, -0.05) is 29.8 Å². The molecule has 1 aromatic carbocycles. The van der Waals surface area contributed by atoms with Gasteiger partial charge in [0.2, 0.25) is 10.9 Å². The van der Waals surface area contributed by atoms with E-state index in [9.17, 15) is 8.42 Å². The minimum absolute atomic E-state index is 0.248. The van der Waals surface area contributed by atoms with E-state index in [1.54, 1.807) is 24.3 Å². The first-order chi connectivity index (χ1) is 5.70. The Kier molecular flexibility index (Phi) is 3.52. The Morgan fingerprint density at radius 1 is 1.33 bits per heavy atom. The van der Waals surface area contributed by atoms with Crippen LogP contribution in [0.4, 0.5) is 0 Å². The molecule has 0 aromatic heterocycles. The highest BCUT2D eigenvalue weighted by Gasteiger charge is 1.97. The number of rotatable bonds is 3. The summed E-state index contributed by atoms with van der Waals surface area (Å²) in [6, 6.07) is 7.09. The van der Waals surface area contributed by atoms with Crippen molar-refractivity contribution in [1.29, 1.82) is 0 Å². The maximum atomic E-state index is 10.2. The van der Waals surface area contributed by atoms with Crippen LogP contribution in [-0.2, 0) is 17.4 Å². The number of hydrogen-bond acceptors (Lipinski definition) is 2. The predicted octanol–water partition coefficient (Wildman–Crippen LogP) is 0.956. The summed E-state index contributed by atoms with van der Waals surface area (Å²) in [7, 11) is -2.55. The Bertz CT molecular complexity index is 330. The fourth-order valence-electron chi connectivity index (χ4n) is 0.791. The fraction of sp³-hybridized carbons (Fsp3) is 0.143. The summed E-state index contributed by atoms with van der Waals surface area (Å²) in [6.45, 7) is 0.248. The number of hydrogen-bond donors (Lipinski definition) is 2. The second kappa shape index (κ2) is 4.45. The van der Waals surface area contributed by atoms with Crippen LogP contribution < -0.4 is 4.72 Å². The molecule has 0 atom stereocenters. The van der Waals surface area contributed by atoms with Crippen LogP contribution in [0, 0.1) is 0 Å². The molecule has 66 valence electrons. The van der Waals surface area contributed by atoms with Crippen molar-refractivity contribution in [2.24, 2.45) is 0 Å². The SMILES string of the molecule is O=[SH](=O)NCc1ccccc1Cl. The Morgan fingerprint density at radius 2 is 2.00 bits per heavy atom. The second-order valence-corrected chi connectivity index (χ2v) is 3.42. The molecule has 0 unspecified atom stereocenters. The van der Waals surface area contributed by atoms with Crippen molar-refractivity contribution in [1.82, 2.24) is 4.72 Å². The molecular formula is C7H8ClNO2S. The normalized spacial score (nSPS) is 10.5. The number of thiol groups is 1. The van der Waals surface area contributed by atoms with Crippen LogP contribution in [0.3, 0.4) is 0 Å². The summed E-state index contributed by atoms with van der Waals surface area (Å²) >= 11 is 5.77. The highest BCUT2D eigenvalue weighted by atomic mass is 35.5. The molecule has 0 saturated heterocycles. The van der Waals surface area contributed by atoms with Gasteiger partial charge < -0.3 is 0 Å². The van der Waals surface area contributed by atoms with Gasteiger partial charge in [-0.25, -0.2) is 13.1 Å². The van der Waals surface area contributed by atoms with Crippen molar-refractivity contribution in [2.45, 2.75) is 6.54 Å². The third kappa shape index (κ3) is 2.81. The minimum atomic E-state index is -2.55. The van der Waals surface area contributed by atoms with Crippen molar-refractivity contribution in [3.8, 4) is 0 Å². The molecule has 0 aliphatic carbocycles.